The van der Waals surface area contributed by atoms with Crippen LogP contribution < -0.4 is 4.74 Å². The molecule has 0 saturated carbocycles. The topological polar surface area (TPSA) is 41.5 Å². The van der Waals surface area contributed by atoms with Crippen molar-refractivity contribution < 1.29 is 4.74 Å². The zero-order valence-corrected chi connectivity index (χ0v) is 12.5. The van der Waals surface area contributed by atoms with E-state index in [0.717, 1.165) is 18.3 Å². The molecule has 5 heteroatoms. The van der Waals surface area contributed by atoms with Crippen LogP contribution in [0.2, 0.25) is 0 Å². The van der Waals surface area contributed by atoms with Crippen LogP contribution in [-0.2, 0) is 6.54 Å². The van der Waals surface area contributed by atoms with Crippen LogP contribution in [-0.4, -0.2) is 58.8 Å². The highest BCUT2D eigenvalue weighted by Gasteiger charge is 2.35. The highest BCUT2D eigenvalue weighted by molar-refractivity contribution is 5.11. The Morgan fingerprint density at radius 3 is 2.90 bits per heavy atom. The average Bonchev–Trinajstić information content (AvgIpc) is 2.94. The summed E-state index contributed by atoms with van der Waals surface area (Å²) in [7, 11) is 1.62. The summed E-state index contributed by atoms with van der Waals surface area (Å²) < 4.78 is 5.06. The maximum absolute atomic E-state index is 5.06. The molecule has 110 valence electrons. The van der Waals surface area contributed by atoms with Crippen molar-refractivity contribution in [1.29, 1.82) is 0 Å². The van der Waals surface area contributed by atoms with Gasteiger partial charge in [-0.3, -0.25) is 9.80 Å². The third-order valence-electron chi connectivity index (χ3n) is 4.65. The summed E-state index contributed by atoms with van der Waals surface area (Å²) in [5.74, 6) is 0.585. The van der Waals surface area contributed by atoms with Crippen molar-refractivity contribution in [2.24, 2.45) is 0 Å². The molecule has 0 N–H and O–H groups in total. The second kappa shape index (κ2) is 6.06. The Morgan fingerprint density at radius 1 is 1.30 bits per heavy atom. The van der Waals surface area contributed by atoms with E-state index in [2.05, 4.69) is 26.9 Å². The minimum absolute atomic E-state index is 0.585. The number of rotatable bonds is 4. The third-order valence-corrected chi connectivity index (χ3v) is 4.65. The Hall–Kier alpha value is -1.20. The Morgan fingerprint density at radius 2 is 2.20 bits per heavy atom. The van der Waals surface area contributed by atoms with E-state index in [0.29, 0.717) is 11.9 Å². The van der Waals surface area contributed by atoms with Crippen molar-refractivity contribution in [3.63, 3.8) is 0 Å². The highest BCUT2D eigenvalue weighted by Crippen LogP contribution is 2.26. The molecule has 3 rings (SSSR count). The zero-order chi connectivity index (χ0) is 13.9. The van der Waals surface area contributed by atoms with Gasteiger partial charge in [0.25, 0.3) is 0 Å². The summed E-state index contributed by atoms with van der Waals surface area (Å²) in [5, 5.41) is 8.34. The zero-order valence-electron chi connectivity index (χ0n) is 12.5. The molecule has 0 spiro atoms. The molecule has 5 nitrogen and oxygen atoms in total. The van der Waals surface area contributed by atoms with Crippen LogP contribution in [0.3, 0.4) is 0 Å². The fourth-order valence-electron chi connectivity index (χ4n) is 3.48. The maximum atomic E-state index is 5.06. The second-order valence-corrected chi connectivity index (χ2v) is 5.85. The van der Waals surface area contributed by atoms with Gasteiger partial charge in [-0.2, -0.15) is 5.10 Å². The average molecular weight is 276 g/mol. The number of hydrogen-bond donors (Lipinski definition) is 0. The van der Waals surface area contributed by atoms with Gasteiger partial charge in [0.05, 0.1) is 12.8 Å². The summed E-state index contributed by atoms with van der Waals surface area (Å²) in [6.07, 6.45) is 3.91. The molecule has 1 aromatic rings. The predicted molar refractivity (Wildman–Crippen MR) is 77.7 cm³/mol. The smallest absolute Gasteiger partial charge is 0.233 e. The lowest BCUT2D eigenvalue weighted by Gasteiger charge is -2.43. The van der Waals surface area contributed by atoms with E-state index in [1.807, 2.05) is 12.1 Å². The van der Waals surface area contributed by atoms with Gasteiger partial charge in [-0.05, 0) is 31.9 Å². The summed E-state index contributed by atoms with van der Waals surface area (Å²) in [5.41, 5.74) is 1.04. The van der Waals surface area contributed by atoms with E-state index in [-0.39, 0.29) is 0 Å². The van der Waals surface area contributed by atoms with E-state index in [9.17, 15) is 0 Å². The van der Waals surface area contributed by atoms with E-state index in [1.54, 1.807) is 7.11 Å². The minimum atomic E-state index is 0.585. The van der Waals surface area contributed by atoms with Crippen LogP contribution in [0.25, 0.3) is 0 Å². The molecule has 0 aliphatic carbocycles. The first kappa shape index (κ1) is 13.8. The van der Waals surface area contributed by atoms with Crippen LogP contribution in [0.15, 0.2) is 12.1 Å². The minimum Gasteiger partial charge on any atom is -0.480 e. The van der Waals surface area contributed by atoms with E-state index >= 15 is 0 Å². The molecule has 20 heavy (non-hydrogen) atoms. The highest BCUT2D eigenvalue weighted by atomic mass is 16.5. The van der Waals surface area contributed by atoms with Gasteiger partial charge in [-0.25, -0.2) is 0 Å². The Kier molecular flexibility index (Phi) is 4.17. The molecule has 1 aromatic heterocycles. The van der Waals surface area contributed by atoms with Gasteiger partial charge in [-0.15, -0.1) is 5.10 Å². The lowest BCUT2D eigenvalue weighted by Crippen LogP contribution is -2.55. The molecular weight excluding hydrogens is 252 g/mol. The standard InChI is InChI=1S/C15H24N4O/c1-3-13-10-18-8-4-5-14(18)11-19(13)9-12-6-7-15(20-2)17-16-12/h6-7,13-14H,3-5,8-11H2,1-2H3/t13-,14+/m1/s1. The van der Waals surface area contributed by atoms with Crippen LogP contribution in [0.5, 0.6) is 5.88 Å². The van der Waals surface area contributed by atoms with Crippen molar-refractivity contribution in [1.82, 2.24) is 20.0 Å². The summed E-state index contributed by atoms with van der Waals surface area (Å²) in [6.45, 7) is 6.86. The molecule has 2 fully saturated rings. The number of ether oxygens (including phenoxy) is 1. The van der Waals surface area contributed by atoms with Crippen molar-refractivity contribution in [2.45, 2.75) is 44.8 Å². The quantitative estimate of drug-likeness (QED) is 0.834. The largest absolute Gasteiger partial charge is 0.480 e. The van der Waals surface area contributed by atoms with Crippen molar-refractivity contribution in [3.05, 3.63) is 17.8 Å². The normalized spacial score (nSPS) is 27.5. The SMILES string of the molecule is CC[C@@H]1CN2CCC[C@H]2CN1Cc1ccc(OC)nn1. The van der Waals surface area contributed by atoms with Crippen molar-refractivity contribution in [2.75, 3.05) is 26.7 Å². The molecule has 2 aliphatic rings. The maximum Gasteiger partial charge on any atom is 0.233 e. The van der Waals surface area contributed by atoms with Gasteiger partial charge >= 0.3 is 0 Å². The molecule has 0 amide bonds. The number of aromatic nitrogens is 2. The van der Waals surface area contributed by atoms with Crippen molar-refractivity contribution in [3.8, 4) is 5.88 Å². The lowest BCUT2D eigenvalue weighted by atomic mass is 10.0. The first-order valence-corrected chi connectivity index (χ1v) is 7.65. The Labute approximate surface area is 120 Å². The lowest BCUT2D eigenvalue weighted by molar-refractivity contribution is 0.0427. The fourth-order valence-corrected chi connectivity index (χ4v) is 3.48. The summed E-state index contributed by atoms with van der Waals surface area (Å²) in [4.78, 5) is 5.26. The molecule has 2 aliphatic heterocycles. The summed E-state index contributed by atoms with van der Waals surface area (Å²) >= 11 is 0. The van der Waals surface area contributed by atoms with Crippen LogP contribution >= 0.6 is 0 Å². The third kappa shape index (κ3) is 2.79. The van der Waals surface area contributed by atoms with Gasteiger partial charge in [0, 0.05) is 37.8 Å². The van der Waals surface area contributed by atoms with Crippen LogP contribution in [0.4, 0.5) is 0 Å². The first-order chi connectivity index (χ1) is 9.80. The predicted octanol–water partition coefficient (Wildman–Crippen LogP) is 1.54. The van der Waals surface area contributed by atoms with E-state index in [1.165, 1.54) is 38.9 Å². The number of fused-ring (bicyclic) bond motifs is 1. The fraction of sp³-hybridized carbons (Fsp3) is 0.733. The number of piperazine rings is 1. The van der Waals surface area contributed by atoms with Gasteiger partial charge in [-0.1, -0.05) is 6.92 Å². The first-order valence-electron chi connectivity index (χ1n) is 7.65. The monoisotopic (exact) mass is 276 g/mol. The molecule has 0 aromatic carbocycles. The molecular formula is C15H24N4O. The molecule has 3 heterocycles. The molecule has 0 unspecified atom stereocenters. The van der Waals surface area contributed by atoms with Gasteiger partial charge in [0.1, 0.15) is 0 Å². The molecule has 2 saturated heterocycles. The Balaban J connectivity index is 1.67. The van der Waals surface area contributed by atoms with Gasteiger partial charge in [0.15, 0.2) is 0 Å². The van der Waals surface area contributed by atoms with Gasteiger partial charge in [0.2, 0.25) is 5.88 Å². The van der Waals surface area contributed by atoms with E-state index < -0.39 is 0 Å². The second-order valence-electron chi connectivity index (χ2n) is 5.85. The van der Waals surface area contributed by atoms with E-state index in [4.69, 9.17) is 4.74 Å². The number of methoxy groups -OCH3 is 1. The number of nitrogens with zero attached hydrogens (tertiary/aromatic N) is 4. The molecule has 2 atom stereocenters. The van der Waals surface area contributed by atoms with Crippen molar-refractivity contribution >= 4 is 0 Å². The Bertz CT molecular complexity index is 436. The van der Waals surface area contributed by atoms with Gasteiger partial charge < -0.3 is 4.74 Å². The van der Waals surface area contributed by atoms with Crippen LogP contribution in [0, 0.1) is 0 Å². The molecule has 0 radical (unpaired) electrons. The summed E-state index contributed by atoms with van der Waals surface area (Å²) in [6, 6.07) is 5.33. The number of hydrogen-bond acceptors (Lipinski definition) is 5. The van der Waals surface area contributed by atoms with Crippen LogP contribution in [0.1, 0.15) is 31.9 Å². The molecule has 0 bridgehead atoms.